The van der Waals surface area contributed by atoms with Gasteiger partial charge < -0.3 is 5.11 Å². The van der Waals surface area contributed by atoms with Gasteiger partial charge >= 0.3 is 6.18 Å². The number of benzene rings is 1. The van der Waals surface area contributed by atoms with Crippen LogP contribution in [0.1, 0.15) is 11.1 Å². The Kier molecular flexibility index (Phi) is 2.98. The van der Waals surface area contributed by atoms with Gasteiger partial charge in [0.1, 0.15) is 5.75 Å². The standard InChI is InChI=1S/C13H10F3NO/c1-8-5-10(18)6-11(13(14,15)16)12(8)9-3-2-4-17-7-9/h2-7,18H,1H3. The van der Waals surface area contributed by atoms with E-state index in [4.69, 9.17) is 0 Å². The van der Waals surface area contributed by atoms with Crippen molar-refractivity contribution in [1.29, 1.82) is 0 Å². The van der Waals surface area contributed by atoms with Gasteiger partial charge in [0.2, 0.25) is 0 Å². The molecule has 18 heavy (non-hydrogen) atoms. The lowest BCUT2D eigenvalue weighted by Crippen LogP contribution is -2.08. The quantitative estimate of drug-likeness (QED) is 0.838. The highest BCUT2D eigenvalue weighted by molar-refractivity contribution is 5.72. The SMILES string of the molecule is Cc1cc(O)cc(C(F)(F)F)c1-c1cccnc1. The topological polar surface area (TPSA) is 33.1 Å². The summed E-state index contributed by atoms with van der Waals surface area (Å²) in [5.74, 6) is -0.396. The first-order valence-electron chi connectivity index (χ1n) is 5.21. The maximum Gasteiger partial charge on any atom is 0.417 e. The first-order chi connectivity index (χ1) is 8.39. The third kappa shape index (κ3) is 2.30. The zero-order valence-corrected chi connectivity index (χ0v) is 9.49. The van der Waals surface area contributed by atoms with Crippen LogP contribution in [-0.2, 0) is 6.18 Å². The van der Waals surface area contributed by atoms with Crippen LogP contribution in [0.15, 0.2) is 36.7 Å². The van der Waals surface area contributed by atoms with Gasteiger partial charge in [-0.05, 0) is 36.2 Å². The van der Waals surface area contributed by atoms with E-state index in [0.717, 1.165) is 6.07 Å². The highest BCUT2D eigenvalue weighted by Gasteiger charge is 2.35. The molecule has 94 valence electrons. The van der Waals surface area contributed by atoms with Gasteiger partial charge in [0.05, 0.1) is 5.56 Å². The Morgan fingerprint density at radius 1 is 1.22 bits per heavy atom. The van der Waals surface area contributed by atoms with E-state index in [0.29, 0.717) is 11.1 Å². The maximum absolute atomic E-state index is 13.0. The fourth-order valence-corrected chi connectivity index (χ4v) is 1.89. The molecule has 0 bridgehead atoms. The zero-order valence-electron chi connectivity index (χ0n) is 9.49. The molecule has 0 saturated heterocycles. The molecule has 0 spiro atoms. The van der Waals surface area contributed by atoms with E-state index in [2.05, 4.69) is 4.98 Å². The van der Waals surface area contributed by atoms with E-state index < -0.39 is 17.5 Å². The van der Waals surface area contributed by atoms with Crippen molar-refractivity contribution in [3.8, 4) is 16.9 Å². The Balaban J connectivity index is 2.74. The first-order valence-corrected chi connectivity index (χ1v) is 5.21. The number of phenols is 1. The molecule has 1 aromatic carbocycles. The van der Waals surface area contributed by atoms with Crippen molar-refractivity contribution >= 4 is 0 Å². The molecule has 0 aliphatic rings. The Bertz CT molecular complexity index is 564. The molecule has 0 atom stereocenters. The molecule has 0 aliphatic heterocycles. The minimum absolute atomic E-state index is 0.0494. The van der Waals surface area contributed by atoms with E-state index in [1.54, 1.807) is 12.1 Å². The van der Waals surface area contributed by atoms with Gasteiger partial charge in [0, 0.05) is 18.0 Å². The molecule has 1 N–H and O–H groups in total. The van der Waals surface area contributed by atoms with E-state index >= 15 is 0 Å². The van der Waals surface area contributed by atoms with Crippen LogP contribution in [0.3, 0.4) is 0 Å². The second-order valence-electron chi connectivity index (χ2n) is 3.92. The summed E-state index contributed by atoms with van der Waals surface area (Å²) in [5, 5.41) is 9.31. The molecule has 5 heteroatoms. The predicted molar refractivity (Wildman–Crippen MR) is 61.1 cm³/mol. The Morgan fingerprint density at radius 2 is 1.94 bits per heavy atom. The van der Waals surface area contributed by atoms with Crippen LogP contribution in [0.2, 0.25) is 0 Å². The average molecular weight is 253 g/mol. The average Bonchev–Trinajstić information content (AvgIpc) is 2.28. The number of pyridine rings is 1. The molecule has 0 radical (unpaired) electrons. The summed E-state index contributed by atoms with van der Waals surface area (Å²) in [7, 11) is 0. The fourth-order valence-electron chi connectivity index (χ4n) is 1.89. The third-order valence-corrected chi connectivity index (χ3v) is 2.58. The van der Waals surface area contributed by atoms with Gasteiger partial charge in [-0.1, -0.05) is 6.07 Å². The Labute approximate surface area is 102 Å². The lowest BCUT2D eigenvalue weighted by molar-refractivity contribution is -0.137. The molecular formula is C13H10F3NO. The van der Waals surface area contributed by atoms with E-state index in [1.165, 1.54) is 25.4 Å². The smallest absolute Gasteiger partial charge is 0.417 e. The normalized spacial score (nSPS) is 11.6. The number of nitrogens with zero attached hydrogens (tertiary/aromatic N) is 1. The second kappa shape index (κ2) is 4.33. The van der Waals surface area contributed by atoms with Gasteiger partial charge in [-0.3, -0.25) is 4.98 Å². The highest BCUT2D eigenvalue weighted by Crippen LogP contribution is 2.40. The molecule has 1 heterocycles. The van der Waals surface area contributed by atoms with Crippen LogP contribution in [0.4, 0.5) is 13.2 Å². The van der Waals surface area contributed by atoms with Crippen molar-refractivity contribution < 1.29 is 18.3 Å². The van der Waals surface area contributed by atoms with Crippen LogP contribution in [-0.4, -0.2) is 10.1 Å². The molecule has 2 aromatic rings. The maximum atomic E-state index is 13.0. The van der Waals surface area contributed by atoms with Crippen LogP contribution in [0.25, 0.3) is 11.1 Å². The van der Waals surface area contributed by atoms with Crippen LogP contribution in [0, 0.1) is 6.92 Å². The number of halogens is 3. The second-order valence-corrected chi connectivity index (χ2v) is 3.92. The lowest BCUT2D eigenvalue weighted by Gasteiger charge is -2.15. The molecular weight excluding hydrogens is 243 g/mol. The summed E-state index contributed by atoms with van der Waals surface area (Å²) in [5.41, 5.74) is -0.0703. The summed E-state index contributed by atoms with van der Waals surface area (Å²) in [6, 6.07) is 5.16. The van der Waals surface area contributed by atoms with Gasteiger partial charge in [-0.15, -0.1) is 0 Å². The molecule has 0 unspecified atom stereocenters. The van der Waals surface area contributed by atoms with E-state index in [1.807, 2.05) is 0 Å². The minimum Gasteiger partial charge on any atom is -0.508 e. The number of hydrogen-bond donors (Lipinski definition) is 1. The van der Waals surface area contributed by atoms with Crippen LogP contribution >= 0.6 is 0 Å². The third-order valence-electron chi connectivity index (χ3n) is 2.58. The lowest BCUT2D eigenvalue weighted by atomic mass is 9.95. The molecule has 0 fully saturated rings. The van der Waals surface area contributed by atoms with Gasteiger partial charge in [-0.25, -0.2) is 0 Å². The number of phenolic OH excluding ortho intramolecular Hbond substituents is 1. The van der Waals surface area contributed by atoms with Crippen molar-refractivity contribution in [3.63, 3.8) is 0 Å². The number of aryl methyl sites for hydroxylation is 1. The number of hydrogen-bond acceptors (Lipinski definition) is 2. The van der Waals surface area contributed by atoms with Gasteiger partial charge in [0.15, 0.2) is 0 Å². The van der Waals surface area contributed by atoms with Crippen molar-refractivity contribution in [2.75, 3.05) is 0 Å². The summed E-state index contributed by atoms with van der Waals surface area (Å²) in [4.78, 5) is 3.82. The summed E-state index contributed by atoms with van der Waals surface area (Å²) >= 11 is 0. The van der Waals surface area contributed by atoms with E-state index in [-0.39, 0.29) is 5.56 Å². The zero-order chi connectivity index (χ0) is 13.3. The monoisotopic (exact) mass is 253 g/mol. The van der Waals surface area contributed by atoms with Crippen LogP contribution < -0.4 is 0 Å². The molecule has 1 aromatic heterocycles. The van der Waals surface area contributed by atoms with E-state index in [9.17, 15) is 18.3 Å². The first kappa shape index (κ1) is 12.4. The minimum atomic E-state index is -4.52. The van der Waals surface area contributed by atoms with Crippen molar-refractivity contribution in [1.82, 2.24) is 4.98 Å². The van der Waals surface area contributed by atoms with Gasteiger partial charge in [0.25, 0.3) is 0 Å². The van der Waals surface area contributed by atoms with Crippen molar-refractivity contribution in [3.05, 3.63) is 47.8 Å². The summed E-state index contributed by atoms with van der Waals surface area (Å²) < 4.78 is 38.9. The number of aromatic hydroxyl groups is 1. The molecule has 2 rings (SSSR count). The Morgan fingerprint density at radius 3 is 2.50 bits per heavy atom. The summed E-state index contributed by atoms with van der Waals surface area (Å²) in [6.07, 6.45) is -1.66. The highest BCUT2D eigenvalue weighted by atomic mass is 19.4. The van der Waals surface area contributed by atoms with Crippen molar-refractivity contribution in [2.45, 2.75) is 13.1 Å². The fraction of sp³-hybridized carbons (Fsp3) is 0.154. The predicted octanol–water partition coefficient (Wildman–Crippen LogP) is 3.78. The number of alkyl halides is 3. The van der Waals surface area contributed by atoms with Crippen molar-refractivity contribution in [2.24, 2.45) is 0 Å². The summed E-state index contributed by atoms with van der Waals surface area (Å²) in [6.45, 7) is 1.53. The molecule has 0 saturated carbocycles. The molecule has 0 aliphatic carbocycles. The number of rotatable bonds is 1. The van der Waals surface area contributed by atoms with Gasteiger partial charge in [-0.2, -0.15) is 13.2 Å². The van der Waals surface area contributed by atoms with Crippen LogP contribution in [0.5, 0.6) is 5.75 Å². The number of aromatic nitrogens is 1. The Hall–Kier alpha value is -2.04. The molecule has 0 amide bonds. The largest absolute Gasteiger partial charge is 0.508 e. The molecule has 2 nitrogen and oxygen atoms in total.